The molecule has 0 unspecified atom stereocenters. The molecule has 21 heavy (non-hydrogen) atoms. The maximum absolute atomic E-state index is 14.1. The lowest BCUT2D eigenvalue weighted by atomic mass is 10.2. The molecule has 1 fully saturated rings. The monoisotopic (exact) mass is 311 g/mol. The molecule has 8 heteroatoms. The number of rotatable bonds is 4. The van der Waals surface area contributed by atoms with E-state index in [0.29, 0.717) is 11.4 Å². The second kappa shape index (κ2) is 5.03. The molecular weight excluding hydrogens is 297 g/mol. The van der Waals surface area contributed by atoms with Gasteiger partial charge in [-0.3, -0.25) is 4.72 Å². The molecule has 1 aromatic heterocycles. The van der Waals surface area contributed by atoms with Gasteiger partial charge < -0.3 is 9.42 Å². The zero-order chi connectivity index (χ0) is 15.0. The molecule has 1 aliphatic heterocycles. The van der Waals surface area contributed by atoms with E-state index in [9.17, 15) is 12.8 Å². The second-order valence-electron chi connectivity index (χ2n) is 4.88. The van der Waals surface area contributed by atoms with E-state index in [-0.39, 0.29) is 5.82 Å². The van der Waals surface area contributed by atoms with Crippen LogP contribution in [0.5, 0.6) is 0 Å². The number of sulfonamides is 1. The van der Waals surface area contributed by atoms with Crippen LogP contribution in [0.4, 0.5) is 15.9 Å². The molecular formula is C13H14FN3O3S. The Hall–Kier alpha value is -2.09. The molecule has 6 nitrogen and oxygen atoms in total. The predicted molar refractivity (Wildman–Crippen MR) is 75.3 cm³/mol. The third-order valence-corrected chi connectivity index (χ3v) is 4.68. The van der Waals surface area contributed by atoms with Crippen LogP contribution in [-0.2, 0) is 10.0 Å². The summed E-state index contributed by atoms with van der Waals surface area (Å²) in [7, 11) is -4.03. The van der Waals surface area contributed by atoms with Crippen molar-refractivity contribution >= 4 is 21.5 Å². The maximum Gasteiger partial charge on any atom is 0.266 e. The first-order valence-corrected chi connectivity index (χ1v) is 7.95. The van der Waals surface area contributed by atoms with Crippen LogP contribution in [0, 0.1) is 12.7 Å². The summed E-state index contributed by atoms with van der Waals surface area (Å²) in [5, 5.41) is 3.53. The molecule has 0 aliphatic carbocycles. The van der Waals surface area contributed by atoms with Crippen molar-refractivity contribution in [1.29, 1.82) is 0 Å². The number of hydrogen-bond donors (Lipinski definition) is 1. The van der Waals surface area contributed by atoms with Gasteiger partial charge in [-0.25, -0.2) is 12.8 Å². The Bertz CT molecular complexity index is 769. The van der Waals surface area contributed by atoms with Gasteiger partial charge in [-0.15, -0.1) is 0 Å². The standard InChI is InChI=1S/C13H14FN3O3S/c1-9-7-13(15-20-9)16-21(18,19)12-4-3-10(8-11(12)14)17-5-2-6-17/h3-4,7-8H,2,5-6H2,1H3,(H,15,16). The molecule has 2 aromatic rings. The summed E-state index contributed by atoms with van der Waals surface area (Å²) in [5.74, 6) is -0.299. The Labute approximate surface area is 121 Å². The summed E-state index contributed by atoms with van der Waals surface area (Å²) < 4.78 is 45.3. The van der Waals surface area contributed by atoms with Crippen molar-refractivity contribution < 1.29 is 17.3 Å². The minimum Gasteiger partial charge on any atom is -0.371 e. The van der Waals surface area contributed by atoms with E-state index in [4.69, 9.17) is 4.52 Å². The molecule has 0 atom stereocenters. The highest BCUT2D eigenvalue weighted by molar-refractivity contribution is 7.92. The lowest BCUT2D eigenvalue weighted by Crippen LogP contribution is -2.37. The van der Waals surface area contributed by atoms with Crippen molar-refractivity contribution in [3.8, 4) is 0 Å². The first kappa shape index (κ1) is 13.9. The van der Waals surface area contributed by atoms with Gasteiger partial charge >= 0.3 is 0 Å². The first-order chi connectivity index (χ1) is 9.95. The van der Waals surface area contributed by atoms with E-state index in [1.165, 1.54) is 18.2 Å². The van der Waals surface area contributed by atoms with Crippen molar-refractivity contribution in [1.82, 2.24) is 5.16 Å². The highest BCUT2D eigenvalue weighted by atomic mass is 32.2. The normalized spacial score (nSPS) is 14.9. The second-order valence-corrected chi connectivity index (χ2v) is 6.53. The van der Waals surface area contributed by atoms with E-state index in [0.717, 1.165) is 19.5 Å². The van der Waals surface area contributed by atoms with E-state index >= 15 is 0 Å². The fraction of sp³-hybridized carbons (Fsp3) is 0.308. The zero-order valence-corrected chi connectivity index (χ0v) is 12.2. The fourth-order valence-corrected chi connectivity index (χ4v) is 3.13. The van der Waals surface area contributed by atoms with Gasteiger partial charge in [0.15, 0.2) is 5.82 Å². The lowest BCUT2D eigenvalue weighted by Gasteiger charge is -2.33. The van der Waals surface area contributed by atoms with Gasteiger partial charge in [-0.05, 0) is 31.5 Å². The third-order valence-electron chi connectivity index (χ3n) is 3.29. The Morgan fingerprint density at radius 3 is 2.62 bits per heavy atom. The topological polar surface area (TPSA) is 75.4 Å². The van der Waals surface area contributed by atoms with Crippen LogP contribution < -0.4 is 9.62 Å². The summed E-state index contributed by atoms with van der Waals surface area (Å²) in [6, 6.07) is 5.52. The molecule has 1 saturated heterocycles. The first-order valence-electron chi connectivity index (χ1n) is 6.46. The van der Waals surface area contributed by atoms with Crippen LogP contribution in [0.15, 0.2) is 33.7 Å². The number of nitrogens with zero attached hydrogens (tertiary/aromatic N) is 2. The van der Waals surface area contributed by atoms with E-state index in [1.54, 1.807) is 13.0 Å². The third kappa shape index (κ3) is 2.71. The Morgan fingerprint density at radius 2 is 2.10 bits per heavy atom. The summed E-state index contributed by atoms with van der Waals surface area (Å²) in [6.45, 7) is 3.36. The number of anilines is 2. The highest BCUT2D eigenvalue weighted by Crippen LogP contribution is 2.26. The average Bonchev–Trinajstić information content (AvgIpc) is 2.71. The largest absolute Gasteiger partial charge is 0.371 e. The predicted octanol–water partition coefficient (Wildman–Crippen LogP) is 2.13. The summed E-state index contributed by atoms with van der Waals surface area (Å²) in [6.07, 6.45) is 1.06. The molecule has 1 N–H and O–H groups in total. The van der Waals surface area contributed by atoms with Gasteiger partial charge in [-0.2, -0.15) is 0 Å². The average molecular weight is 311 g/mol. The Kier molecular flexibility index (Phi) is 3.32. The molecule has 2 heterocycles. The molecule has 1 aromatic carbocycles. The van der Waals surface area contributed by atoms with Crippen LogP contribution in [-0.4, -0.2) is 26.7 Å². The molecule has 1 aliphatic rings. The van der Waals surface area contributed by atoms with Gasteiger partial charge in [0, 0.05) is 24.8 Å². The van der Waals surface area contributed by atoms with Crippen LogP contribution in [0.25, 0.3) is 0 Å². The van der Waals surface area contributed by atoms with Crippen molar-refractivity contribution in [2.75, 3.05) is 22.7 Å². The Balaban J connectivity index is 1.87. The zero-order valence-electron chi connectivity index (χ0n) is 11.3. The van der Waals surface area contributed by atoms with Crippen LogP contribution in [0.3, 0.4) is 0 Å². The van der Waals surface area contributed by atoms with Gasteiger partial charge in [0.25, 0.3) is 10.0 Å². The van der Waals surface area contributed by atoms with Crippen molar-refractivity contribution in [3.63, 3.8) is 0 Å². The molecule has 0 radical (unpaired) electrons. The molecule has 0 spiro atoms. The lowest BCUT2D eigenvalue weighted by molar-refractivity contribution is 0.400. The van der Waals surface area contributed by atoms with Crippen molar-refractivity contribution in [3.05, 3.63) is 35.8 Å². The number of benzene rings is 1. The van der Waals surface area contributed by atoms with Crippen LogP contribution >= 0.6 is 0 Å². The Morgan fingerprint density at radius 1 is 1.33 bits per heavy atom. The van der Waals surface area contributed by atoms with Gasteiger partial charge in [0.1, 0.15) is 16.5 Å². The fourth-order valence-electron chi connectivity index (χ4n) is 2.09. The van der Waals surface area contributed by atoms with Crippen LogP contribution in [0.2, 0.25) is 0 Å². The number of nitrogens with one attached hydrogen (secondary N) is 1. The van der Waals surface area contributed by atoms with E-state index in [1.807, 2.05) is 4.90 Å². The van der Waals surface area contributed by atoms with E-state index in [2.05, 4.69) is 9.88 Å². The van der Waals surface area contributed by atoms with Gasteiger partial charge in [0.2, 0.25) is 0 Å². The van der Waals surface area contributed by atoms with Crippen LogP contribution in [0.1, 0.15) is 12.2 Å². The molecule has 3 rings (SSSR count). The van der Waals surface area contributed by atoms with Crippen molar-refractivity contribution in [2.24, 2.45) is 0 Å². The highest BCUT2D eigenvalue weighted by Gasteiger charge is 2.23. The quantitative estimate of drug-likeness (QED) is 0.936. The minimum absolute atomic E-state index is 0.0266. The maximum atomic E-state index is 14.1. The number of aryl methyl sites for hydroxylation is 1. The molecule has 0 bridgehead atoms. The number of aromatic nitrogens is 1. The molecule has 112 valence electrons. The van der Waals surface area contributed by atoms with Gasteiger partial charge in [-0.1, -0.05) is 5.16 Å². The van der Waals surface area contributed by atoms with E-state index < -0.39 is 20.7 Å². The SMILES string of the molecule is Cc1cc(NS(=O)(=O)c2ccc(N3CCC3)cc2F)no1. The van der Waals surface area contributed by atoms with Crippen molar-refractivity contribution in [2.45, 2.75) is 18.2 Å². The summed E-state index contributed by atoms with van der Waals surface area (Å²) in [4.78, 5) is 1.57. The molecule has 0 saturated carbocycles. The number of halogens is 1. The summed E-state index contributed by atoms with van der Waals surface area (Å²) >= 11 is 0. The summed E-state index contributed by atoms with van der Waals surface area (Å²) in [5.41, 5.74) is 0.690. The minimum atomic E-state index is -4.03. The number of hydrogen-bond acceptors (Lipinski definition) is 5. The van der Waals surface area contributed by atoms with Gasteiger partial charge in [0.05, 0.1) is 0 Å². The molecule has 0 amide bonds. The smallest absolute Gasteiger partial charge is 0.266 e.